The molecule has 1 aromatic carbocycles. The third-order valence-electron chi connectivity index (χ3n) is 1.66. The van der Waals surface area contributed by atoms with E-state index in [0.717, 1.165) is 5.56 Å². The van der Waals surface area contributed by atoms with Crippen molar-refractivity contribution in [2.24, 2.45) is 5.73 Å². The summed E-state index contributed by atoms with van der Waals surface area (Å²) in [6, 6.07) is 3.30. The van der Waals surface area contributed by atoms with Gasteiger partial charge >= 0.3 is 0 Å². The molecule has 1 unspecified atom stereocenters. The van der Waals surface area contributed by atoms with Crippen molar-refractivity contribution < 1.29 is 10.2 Å². The van der Waals surface area contributed by atoms with Crippen LogP contribution in [0, 0.1) is 0 Å². The molecular formula is C9H12BrNO2. The first-order valence-corrected chi connectivity index (χ1v) is 4.76. The summed E-state index contributed by atoms with van der Waals surface area (Å²) in [7, 11) is 0. The van der Waals surface area contributed by atoms with Gasteiger partial charge in [0.25, 0.3) is 0 Å². The van der Waals surface area contributed by atoms with E-state index in [1.165, 1.54) is 6.07 Å². The van der Waals surface area contributed by atoms with Crippen LogP contribution >= 0.6 is 15.9 Å². The molecule has 1 atom stereocenters. The van der Waals surface area contributed by atoms with E-state index < -0.39 is 0 Å². The molecule has 0 aromatic heterocycles. The highest BCUT2D eigenvalue weighted by Gasteiger charge is 2.07. The van der Waals surface area contributed by atoms with Crippen molar-refractivity contribution in [1.82, 2.24) is 0 Å². The Labute approximate surface area is 85.3 Å². The van der Waals surface area contributed by atoms with Crippen molar-refractivity contribution in [3.63, 3.8) is 0 Å². The van der Waals surface area contributed by atoms with Crippen LogP contribution in [0.2, 0.25) is 0 Å². The van der Waals surface area contributed by atoms with Crippen LogP contribution in [0.1, 0.15) is 12.5 Å². The average molecular weight is 246 g/mol. The molecule has 0 spiro atoms. The molecule has 0 radical (unpaired) electrons. The summed E-state index contributed by atoms with van der Waals surface area (Å²) in [5, 5.41) is 18.5. The highest BCUT2D eigenvalue weighted by Crippen LogP contribution is 2.34. The number of aromatic hydroxyl groups is 2. The minimum atomic E-state index is -0.131. The van der Waals surface area contributed by atoms with Crippen molar-refractivity contribution in [1.29, 1.82) is 0 Å². The summed E-state index contributed by atoms with van der Waals surface area (Å²) in [6.07, 6.45) is 0.673. The minimum Gasteiger partial charge on any atom is -0.504 e. The maximum absolute atomic E-state index is 9.27. The van der Waals surface area contributed by atoms with Gasteiger partial charge in [-0.15, -0.1) is 0 Å². The van der Waals surface area contributed by atoms with Crippen LogP contribution in [0.25, 0.3) is 0 Å². The largest absolute Gasteiger partial charge is 0.504 e. The fourth-order valence-electron chi connectivity index (χ4n) is 1.13. The number of hydrogen-bond donors (Lipinski definition) is 3. The lowest BCUT2D eigenvalue weighted by Crippen LogP contribution is -2.17. The van der Waals surface area contributed by atoms with Gasteiger partial charge in [-0.1, -0.05) is 0 Å². The number of phenolic OH excluding ortho intramolecular Hbond substituents is 2. The van der Waals surface area contributed by atoms with Crippen molar-refractivity contribution >= 4 is 15.9 Å². The van der Waals surface area contributed by atoms with Gasteiger partial charge in [-0.3, -0.25) is 0 Å². The molecule has 3 nitrogen and oxygen atoms in total. The van der Waals surface area contributed by atoms with Gasteiger partial charge in [0.2, 0.25) is 0 Å². The maximum atomic E-state index is 9.27. The molecule has 0 saturated heterocycles. The Hall–Kier alpha value is -0.740. The molecule has 0 amide bonds. The smallest absolute Gasteiger partial charge is 0.171 e. The van der Waals surface area contributed by atoms with Gasteiger partial charge in [0.15, 0.2) is 11.5 Å². The SMILES string of the molecule is CC(N)Cc1cc(O)c(O)c(Br)c1. The van der Waals surface area contributed by atoms with E-state index in [1.807, 2.05) is 6.92 Å². The Kier molecular flexibility index (Phi) is 3.17. The second-order valence-electron chi connectivity index (χ2n) is 3.13. The van der Waals surface area contributed by atoms with Gasteiger partial charge in [-0.25, -0.2) is 0 Å². The van der Waals surface area contributed by atoms with Crippen LogP contribution in [0.5, 0.6) is 11.5 Å². The van der Waals surface area contributed by atoms with Crippen LogP contribution in [-0.2, 0) is 6.42 Å². The van der Waals surface area contributed by atoms with E-state index in [0.29, 0.717) is 10.9 Å². The topological polar surface area (TPSA) is 66.5 Å². The summed E-state index contributed by atoms with van der Waals surface area (Å²) < 4.78 is 0.489. The predicted octanol–water partition coefficient (Wildman–Crippen LogP) is 1.75. The zero-order chi connectivity index (χ0) is 10.0. The summed E-state index contributed by atoms with van der Waals surface area (Å²) >= 11 is 3.14. The standard InChI is InChI=1S/C9H12BrNO2/c1-5(11)2-6-3-7(10)9(13)8(12)4-6/h3-5,12-13H,2,11H2,1H3. The van der Waals surface area contributed by atoms with Gasteiger partial charge in [0, 0.05) is 6.04 Å². The first-order chi connectivity index (χ1) is 6.00. The van der Waals surface area contributed by atoms with Crippen molar-refractivity contribution in [3.8, 4) is 11.5 Å². The van der Waals surface area contributed by atoms with Crippen LogP contribution in [0.15, 0.2) is 16.6 Å². The van der Waals surface area contributed by atoms with E-state index in [4.69, 9.17) is 5.73 Å². The predicted molar refractivity (Wildman–Crippen MR) is 54.8 cm³/mol. The number of halogens is 1. The number of hydrogen-bond acceptors (Lipinski definition) is 3. The molecule has 13 heavy (non-hydrogen) atoms. The summed E-state index contributed by atoms with van der Waals surface area (Å²) in [5.41, 5.74) is 6.50. The molecular weight excluding hydrogens is 234 g/mol. The lowest BCUT2D eigenvalue weighted by molar-refractivity contribution is 0.400. The zero-order valence-corrected chi connectivity index (χ0v) is 8.87. The van der Waals surface area contributed by atoms with Crippen molar-refractivity contribution in [3.05, 3.63) is 22.2 Å². The molecule has 4 N–H and O–H groups in total. The lowest BCUT2D eigenvalue weighted by Gasteiger charge is -2.07. The summed E-state index contributed by atoms with van der Waals surface area (Å²) in [5.74, 6) is -0.251. The molecule has 1 aromatic rings. The van der Waals surface area contributed by atoms with E-state index in [-0.39, 0.29) is 17.5 Å². The number of phenols is 2. The normalized spacial score (nSPS) is 12.8. The first kappa shape index (κ1) is 10.3. The third-order valence-corrected chi connectivity index (χ3v) is 2.27. The Balaban J connectivity index is 2.99. The van der Waals surface area contributed by atoms with E-state index in [1.54, 1.807) is 6.07 Å². The van der Waals surface area contributed by atoms with Gasteiger partial charge in [-0.2, -0.15) is 0 Å². The quantitative estimate of drug-likeness (QED) is 0.696. The van der Waals surface area contributed by atoms with E-state index in [2.05, 4.69) is 15.9 Å². The Morgan fingerprint density at radius 3 is 2.54 bits per heavy atom. The van der Waals surface area contributed by atoms with Gasteiger partial charge in [0.05, 0.1) is 4.47 Å². The highest BCUT2D eigenvalue weighted by molar-refractivity contribution is 9.10. The second kappa shape index (κ2) is 3.98. The summed E-state index contributed by atoms with van der Waals surface area (Å²) in [4.78, 5) is 0. The zero-order valence-electron chi connectivity index (χ0n) is 7.29. The molecule has 1 rings (SSSR count). The molecule has 0 aliphatic carbocycles. The van der Waals surface area contributed by atoms with Crippen LogP contribution in [0.4, 0.5) is 0 Å². The summed E-state index contributed by atoms with van der Waals surface area (Å²) in [6.45, 7) is 1.89. The van der Waals surface area contributed by atoms with E-state index in [9.17, 15) is 10.2 Å². The Bertz CT molecular complexity index is 289. The van der Waals surface area contributed by atoms with Crippen LogP contribution < -0.4 is 5.73 Å². The molecule has 0 fully saturated rings. The lowest BCUT2D eigenvalue weighted by atomic mass is 10.1. The first-order valence-electron chi connectivity index (χ1n) is 3.96. The second-order valence-corrected chi connectivity index (χ2v) is 3.98. The fourth-order valence-corrected chi connectivity index (χ4v) is 1.63. The molecule has 4 heteroatoms. The maximum Gasteiger partial charge on any atom is 0.171 e. The van der Waals surface area contributed by atoms with Gasteiger partial charge in [0.1, 0.15) is 0 Å². The van der Waals surface area contributed by atoms with Crippen LogP contribution in [0.3, 0.4) is 0 Å². The van der Waals surface area contributed by atoms with Gasteiger partial charge < -0.3 is 15.9 Å². The molecule has 0 saturated carbocycles. The average Bonchev–Trinajstić information content (AvgIpc) is 1.98. The molecule has 0 aliphatic rings. The Morgan fingerprint density at radius 2 is 2.08 bits per heavy atom. The number of nitrogens with two attached hydrogens (primary N) is 1. The molecule has 72 valence electrons. The van der Waals surface area contributed by atoms with Crippen LogP contribution in [-0.4, -0.2) is 16.3 Å². The number of rotatable bonds is 2. The van der Waals surface area contributed by atoms with E-state index >= 15 is 0 Å². The third kappa shape index (κ3) is 2.60. The fraction of sp³-hybridized carbons (Fsp3) is 0.333. The van der Waals surface area contributed by atoms with Crippen molar-refractivity contribution in [2.75, 3.05) is 0 Å². The van der Waals surface area contributed by atoms with Gasteiger partial charge in [-0.05, 0) is 47.0 Å². The molecule has 0 aliphatic heterocycles. The number of benzene rings is 1. The molecule has 0 bridgehead atoms. The highest BCUT2D eigenvalue weighted by atomic mass is 79.9. The monoisotopic (exact) mass is 245 g/mol. The Morgan fingerprint density at radius 1 is 1.46 bits per heavy atom. The molecule has 0 heterocycles. The minimum absolute atomic E-state index is 0.0378. The van der Waals surface area contributed by atoms with Crippen molar-refractivity contribution in [2.45, 2.75) is 19.4 Å².